The van der Waals surface area contributed by atoms with Crippen LogP contribution in [0.1, 0.15) is 43.5 Å². The van der Waals surface area contributed by atoms with Crippen molar-refractivity contribution in [2.75, 3.05) is 0 Å². The van der Waals surface area contributed by atoms with E-state index in [4.69, 9.17) is 4.42 Å². The summed E-state index contributed by atoms with van der Waals surface area (Å²) in [5.74, 6) is -0.544. The van der Waals surface area contributed by atoms with Crippen LogP contribution in [0.4, 0.5) is 0 Å². The molecule has 2 N–H and O–H groups in total. The maximum absolute atomic E-state index is 12.3. The number of carboxylic acid groups (broad SMARTS) is 1. The molecule has 110 valence electrons. The van der Waals surface area contributed by atoms with Gasteiger partial charge in [-0.1, -0.05) is 12.1 Å². The van der Waals surface area contributed by atoms with Gasteiger partial charge >= 0.3 is 5.97 Å². The molecule has 0 atom stereocenters. The van der Waals surface area contributed by atoms with Crippen molar-refractivity contribution >= 4 is 11.9 Å². The zero-order valence-electron chi connectivity index (χ0n) is 12.1. The Hall–Kier alpha value is -2.63. The van der Waals surface area contributed by atoms with Gasteiger partial charge in [0.2, 0.25) is 5.89 Å². The molecule has 0 radical (unpaired) electrons. The molecule has 6 nitrogen and oxygen atoms in total. The van der Waals surface area contributed by atoms with E-state index in [2.05, 4.69) is 10.3 Å². The van der Waals surface area contributed by atoms with Crippen LogP contribution in [0.25, 0.3) is 0 Å². The summed E-state index contributed by atoms with van der Waals surface area (Å²) in [6, 6.07) is 3.42. The van der Waals surface area contributed by atoms with Gasteiger partial charge in [0.05, 0.1) is 23.9 Å². The Balaban J connectivity index is 2.26. The fourth-order valence-corrected chi connectivity index (χ4v) is 2.11. The summed E-state index contributed by atoms with van der Waals surface area (Å²) in [7, 11) is 0. The molecule has 0 saturated carbocycles. The number of carbonyl (C=O) groups is 2. The van der Waals surface area contributed by atoms with Crippen molar-refractivity contribution in [1.29, 1.82) is 0 Å². The molecule has 0 bridgehead atoms. The zero-order chi connectivity index (χ0) is 15.6. The average Bonchev–Trinajstić information content (AvgIpc) is 2.83. The number of hydrogen-bond donors (Lipinski definition) is 2. The van der Waals surface area contributed by atoms with E-state index in [0.29, 0.717) is 22.8 Å². The molecule has 1 aromatic heterocycles. The van der Waals surface area contributed by atoms with E-state index >= 15 is 0 Å². The van der Waals surface area contributed by atoms with E-state index in [1.807, 2.05) is 0 Å². The first-order chi connectivity index (χ1) is 9.90. The summed E-state index contributed by atoms with van der Waals surface area (Å²) < 4.78 is 5.26. The minimum absolute atomic E-state index is 0.0242. The normalized spacial score (nSPS) is 10.4. The highest BCUT2D eigenvalue weighted by Gasteiger charge is 2.21. The standard InChI is InChI=1S/C15H16N2O4/c1-8-4-5-9(2)13(15(19)20)12(8)14(18)17-7-11-16-6-10(3)21-11/h4-6H,7H2,1-3H3,(H,17,18)(H,19,20). The second-order valence-electron chi connectivity index (χ2n) is 4.80. The van der Waals surface area contributed by atoms with E-state index in [0.717, 1.165) is 0 Å². The molecule has 0 unspecified atom stereocenters. The first-order valence-electron chi connectivity index (χ1n) is 6.43. The van der Waals surface area contributed by atoms with Gasteiger partial charge in [-0.15, -0.1) is 0 Å². The van der Waals surface area contributed by atoms with Crippen molar-refractivity contribution < 1.29 is 19.1 Å². The van der Waals surface area contributed by atoms with E-state index in [1.165, 1.54) is 0 Å². The van der Waals surface area contributed by atoms with Gasteiger partial charge in [0.25, 0.3) is 5.91 Å². The van der Waals surface area contributed by atoms with Gasteiger partial charge in [-0.25, -0.2) is 9.78 Å². The Kier molecular flexibility index (Phi) is 4.07. The van der Waals surface area contributed by atoms with Gasteiger partial charge in [0.1, 0.15) is 5.76 Å². The third kappa shape index (κ3) is 3.10. The first-order valence-corrected chi connectivity index (χ1v) is 6.43. The molecule has 2 rings (SSSR count). The molecule has 1 aromatic carbocycles. The summed E-state index contributed by atoms with van der Waals surface area (Å²) in [5.41, 5.74) is 1.35. The van der Waals surface area contributed by atoms with Gasteiger partial charge in [-0.2, -0.15) is 0 Å². The van der Waals surface area contributed by atoms with Crippen LogP contribution in [-0.2, 0) is 6.54 Å². The number of carbonyl (C=O) groups excluding carboxylic acids is 1. The van der Waals surface area contributed by atoms with E-state index in [-0.39, 0.29) is 17.7 Å². The number of aromatic carboxylic acids is 1. The van der Waals surface area contributed by atoms with E-state index < -0.39 is 11.9 Å². The second-order valence-corrected chi connectivity index (χ2v) is 4.80. The SMILES string of the molecule is Cc1cnc(CNC(=O)c2c(C)ccc(C)c2C(=O)O)o1. The number of amides is 1. The molecule has 0 saturated heterocycles. The van der Waals surface area contributed by atoms with Crippen LogP contribution >= 0.6 is 0 Å². The monoisotopic (exact) mass is 288 g/mol. The van der Waals surface area contributed by atoms with Gasteiger partial charge in [-0.05, 0) is 31.9 Å². The number of nitrogens with one attached hydrogen (secondary N) is 1. The predicted molar refractivity (Wildman–Crippen MR) is 75.3 cm³/mol. The Morgan fingerprint density at radius 1 is 1.19 bits per heavy atom. The molecule has 0 spiro atoms. The molecular weight excluding hydrogens is 272 g/mol. The van der Waals surface area contributed by atoms with Crippen LogP contribution in [0.2, 0.25) is 0 Å². The van der Waals surface area contributed by atoms with Crippen molar-refractivity contribution in [3.8, 4) is 0 Å². The van der Waals surface area contributed by atoms with Crippen LogP contribution in [-0.4, -0.2) is 22.0 Å². The third-order valence-corrected chi connectivity index (χ3v) is 3.13. The maximum Gasteiger partial charge on any atom is 0.336 e. The van der Waals surface area contributed by atoms with Crippen LogP contribution < -0.4 is 5.32 Å². The summed E-state index contributed by atoms with van der Waals surface area (Å²) >= 11 is 0. The summed E-state index contributed by atoms with van der Waals surface area (Å²) in [6.07, 6.45) is 1.56. The fraction of sp³-hybridized carbons (Fsp3) is 0.267. The lowest BCUT2D eigenvalue weighted by Crippen LogP contribution is -2.26. The van der Waals surface area contributed by atoms with Gasteiger partial charge in [0.15, 0.2) is 0 Å². The fourth-order valence-electron chi connectivity index (χ4n) is 2.11. The molecule has 0 aliphatic heterocycles. The summed E-state index contributed by atoms with van der Waals surface area (Å²) in [4.78, 5) is 27.6. The topological polar surface area (TPSA) is 92.4 Å². The Bertz CT molecular complexity index is 704. The molecule has 6 heteroatoms. The van der Waals surface area contributed by atoms with Crippen LogP contribution in [0.15, 0.2) is 22.7 Å². The van der Waals surface area contributed by atoms with Crippen molar-refractivity contribution in [3.63, 3.8) is 0 Å². The number of aromatic nitrogens is 1. The van der Waals surface area contributed by atoms with Crippen molar-refractivity contribution in [1.82, 2.24) is 10.3 Å². The molecular formula is C15H16N2O4. The van der Waals surface area contributed by atoms with Crippen LogP contribution in [0.3, 0.4) is 0 Å². The molecule has 1 amide bonds. The molecule has 1 heterocycles. The average molecular weight is 288 g/mol. The Morgan fingerprint density at radius 3 is 2.33 bits per heavy atom. The largest absolute Gasteiger partial charge is 0.478 e. The second kappa shape index (κ2) is 5.78. The van der Waals surface area contributed by atoms with Gasteiger partial charge in [0, 0.05) is 0 Å². The lowest BCUT2D eigenvalue weighted by Gasteiger charge is -2.12. The summed E-state index contributed by atoms with van der Waals surface area (Å²) in [6.45, 7) is 5.23. The number of aryl methyl sites for hydroxylation is 3. The minimum Gasteiger partial charge on any atom is -0.478 e. The number of carboxylic acids is 1. The van der Waals surface area contributed by atoms with Crippen LogP contribution in [0, 0.1) is 20.8 Å². The van der Waals surface area contributed by atoms with Gasteiger partial charge in [-0.3, -0.25) is 4.79 Å². The van der Waals surface area contributed by atoms with E-state index in [1.54, 1.807) is 39.1 Å². The Morgan fingerprint density at radius 2 is 1.81 bits per heavy atom. The van der Waals surface area contributed by atoms with Crippen molar-refractivity contribution in [2.45, 2.75) is 27.3 Å². The molecule has 0 fully saturated rings. The lowest BCUT2D eigenvalue weighted by molar-refractivity contribution is 0.0690. The predicted octanol–water partition coefficient (Wildman–Crippen LogP) is 2.23. The quantitative estimate of drug-likeness (QED) is 0.900. The number of hydrogen-bond acceptors (Lipinski definition) is 4. The lowest BCUT2D eigenvalue weighted by atomic mass is 9.96. The molecule has 0 aliphatic rings. The molecule has 0 aliphatic carbocycles. The molecule has 21 heavy (non-hydrogen) atoms. The first kappa shape index (κ1) is 14.8. The number of rotatable bonds is 4. The highest BCUT2D eigenvalue weighted by atomic mass is 16.4. The number of nitrogens with zero attached hydrogens (tertiary/aromatic N) is 1. The Labute approximate surface area is 121 Å². The highest BCUT2D eigenvalue weighted by Crippen LogP contribution is 2.19. The van der Waals surface area contributed by atoms with E-state index in [9.17, 15) is 14.7 Å². The highest BCUT2D eigenvalue weighted by molar-refractivity contribution is 6.06. The van der Waals surface area contributed by atoms with Gasteiger partial charge < -0.3 is 14.8 Å². The third-order valence-electron chi connectivity index (χ3n) is 3.13. The summed E-state index contributed by atoms with van der Waals surface area (Å²) in [5, 5.41) is 11.9. The molecule has 2 aromatic rings. The number of benzene rings is 1. The maximum atomic E-state index is 12.3. The number of oxazole rings is 1. The van der Waals surface area contributed by atoms with Crippen LogP contribution in [0.5, 0.6) is 0 Å². The zero-order valence-corrected chi connectivity index (χ0v) is 12.1. The smallest absolute Gasteiger partial charge is 0.336 e. The van der Waals surface area contributed by atoms with Crippen molar-refractivity contribution in [3.05, 3.63) is 52.2 Å². The minimum atomic E-state index is -1.12. The van der Waals surface area contributed by atoms with Crippen molar-refractivity contribution in [2.24, 2.45) is 0 Å².